The number of nitrogens with zero attached hydrogens (tertiary/aromatic N) is 2. The first kappa shape index (κ1) is 19.1. The number of rotatable bonds is 5. The lowest BCUT2D eigenvalue weighted by molar-refractivity contribution is -0.114. The molecule has 0 atom stereocenters. The number of hydrazone groups is 1. The normalized spacial score (nSPS) is 10.8. The molecule has 6 heteroatoms. The Hall–Kier alpha value is -3.67. The molecule has 3 aromatic rings. The molecule has 0 spiro atoms. The van der Waals surface area contributed by atoms with Crippen LogP contribution in [0.1, 0.15) is 34.2 Å². The Balaban J connectivity index is 1.73. The first-order valence-corrected chi connectivity index (χ1v) is 8.91. The number of hydrogen-bond donors (Lipinski definition) is 2. The Kier molecular flexibility index (Phi) is 5.69. The van der Waals surface area contributed by atoms with Crippen LogP contribution in [0.25, 0.3) is 5.69 Å². The fraction of sp³-hybridized carbons (Fsp3) is 0.136. The van der Waals surface area contributed by atoms with Gasteiger partial charge in [0.05, 0.1) is 6.21 Å². The van der Waals surface area contributed by atoms with Crippen LogP contribution in [0.4, 0.5) is 5.69 Å². The summed E-state index contributed by atoms with van der Waals surface area (Å²) in [5.74, 6) is -0.537. The van der Waals surface area contributed by atoms with Gasteiger partial charge in [-0.2, -0.15) is 5.10 Å². The van der Waals surface area contributed by atoms with E-state index in [9.17, 15) is 9.59 Å². The van der Waals surface area contributed by atoms with Gasteiger partial charge in [-0.05, 0) is 50.2 Å². The van der Waals surface area contributed by atoms with E-state index in [1.807, 2.05) is 50.2 Å². The van der Waals surface area contributed by atoms with Crippen LogP contribution in [0.15, 0.2) is 65.8 Å². The van der Waals surface area contributed by atoms with Gasteiger partial charge in [-0.15, -0.1) is 0 Å². The molecule has 28 heavy (non-hydrogen) atoms. The predicted octanol–water partition coefficient (Wildman–Crippen LogP) is 3.82. The average molecular weight is 374 g/mol. The van der Waals surface area contributed by atoms with Crippen molar-refractivity contribution >= 4 is 23.7 Å². The third-order valence-electron chi connectivity index (χ3n) is 4.30. The fourth-order valence-electron chi connectivity index (χ4n) is 3.06. The lowest BCUT2D eigenvalue weighted by atomic mass is 10.2. The van der Waals surface area contributed by atoms with Crippen LogP contribution in [0, 0.1) is 13.8 Å². The van der Waals surface area contributed by atoms with Crippen LogP contribution in [0.3, 0.4) is 0 Å². The number of para-hydroxylation sites is 1. The molecular formula is C22H22N4O2. The third kappa shape index (κ3) is 4.35. The summed E-state index contributed by atoms with van der Waals surface area (Å²) in [5, 5.41) is 6.75. The molecule has 1 aromatic heterocycles. The second-order valence-electron chi connectivity index (χ2n) is 6.46. The van der Waals surface area contributed by atoms with Gasteiger partial charge in [0.25, 0.3) is 5.91 Å². The average Bonchev–Trinajstić information content (AvgIpc) is 2.95. The molecule has 2 amide bonds. The number of aryl methyl sites for hydroxylation is 1. The van der Waals surface area contributed by atoms with E-state index in [0.717, 1.165) is 22.6 Å². The Bertz CT molecular complexity index is 1040. The molecular weight excluding hydrogens is 352 g/mol. The van der Waals surface area contributed by atoms with Crippen LogP contribution in [-0.4, -0.2) is 22.6 Å². The van der Waals surface area contributed by atoms with Crippen molar-refractivity contribution in [3.05, 3.63) is 83.2 Å². The number of carbonyl (C=O) groups excluding carboxylic acids is 2. The predicted molar refractivity (Wildman–Crippen MR) is 111 cm³/mol. The minimum absolute atomic E-state index is 0.190. The maximum atomic E-state index is 12.3. The Morgan fingerprint density at radius 2 is 1.75 bits per heavy atom. The Labute approximate surface area is 163 Å². The number of nitrogens with one attached hydrogen (secondary N) is 2. The van der Waals surface area contributed by atoms with Crippen molar-refractivity contribution in [2.24, 2.45) is 5.10 Å². The van der Waals surface area contributed by atoms with Gasteiger partial charge in [0.1, 0.15) is 0 Å². The van der Waals surface area contributed by atoms with E-state index in [2.05, 4.69) is 20.4 Å². The van der Waals surface area contributed by atoms with Crippen molar-refractivity contribution < 1.29 is 9.59 Å². The molecule has 0 aliphatic carbocycles. The standard InChI is InChI=1S/C22H22N4O2/c1-15-12-19(16(2)26(15)21-10-5-4-6-11-21)14-23-25-22(28)18-8-7-9-20(13-18)24-17(3)27/h4-14H,1-3H3,(H,24,27)(H,25,28). The molecule has 0 fully saturated rings. The van der Waals surface area contributed by atoms with E-state index < -0.39 is 0 Å². The summed E-state index contributed by atoms with van der Waals surface area (Å²) < 4.78 is 2.14. The highest BCUT2D eigenvalue weighted by Crippen LogP contribution is 2.19. The highest BCUT2D eigenvalue weighted by atomic mass is 16.2. The zero-order chi connectivity index (χ0) is 20.1. The van der Waals surface area contributed by atoms with Gasteiger partial charge in [-0.1, -0.05) is 24.3 Å². The fourth-order valence-corrected chi connectivity index (χ4v) is 3.06. The lowest BCUT2D eigenvalue weighted by Crippen LogP contribution is -2.18. The number of aromatic nitrogens is 1. The maximum absolute atomic E-state index is 12.3. The summed E-state index contributed by atoms with van der Waals surface area (Å²) in [7, 11) is 0. The largest absolute Gasteiger partial charge is 0.326 e. The van der Waals surface area contributed by atoms with Gasteiger partial charge in [0.2, 0.25) is 5.91 Å². The highest BCUT2D eigenvalue weighted by Gasteiger charge is 2.10. The SMILES string of the molecule is CC(=O)Nc1cccc(C(=O)NN=Cc2cc(C)n(-c3ccccc3)c2C)c1. The minimum Gasteiger partial charge on any atom is -0.326 e. The van der Waals surface area contributed by atoms with Crippen LogP contribution < -0.4 is 10.7 Å². The van der Waals surface area contributed by atoms with E-state index in [1.54, 1.807) is 30.5 Å². The minimum atomic E-state index is -0.347. The quantitative estimate of drug-likeness (QED) is 0.526. The van der Waals surface area contributed by atoms with Gasteiger partial charge < -0.3 is 9.88 Å². The number of anilines is 1. The molecule has 0 saturated heterocycles. The summed E-state index contributed by atoms with van der Waals surface area (Å²) in [6.45, 7) is 5.46. The lowest BCUT2D eigenvalue weighted by Gasteiger charge is -2.09. The van der Waals surface area contributed by atoms with Gasteiger partial charge in [0, 0.05) is 40.8 Å². The number of amides is 2. The van der Waals surface area contributed by atoms with E-state index >= 15 is 0 Å². The first-order chi connectivity index (χ1) is 13.5. The summed E-state index contributed by atoms with van der Waals surface area (Å²) in [6.07, 6.45) is 1.64. The molecule has 0 bridgehead atoms. The van der Waals surface area contributed by atoms with Gasteiger partial charge in [0.15, 0.2) is 0 Å². The van der Waals surface area contributed by atoms with Crippen LogP contribution in [0.5, 0.6) is 0 Å². The summed E-state index contributed by atoms with van der Waals surface area (Å²) in [6, 6.07) is 18.8. The smallest absolute Gasteiger partial charge is 0.271 e. The number of benzene rings is 2. The van der Waals surface area contributed by atoms with Crippen molar-refractivity contribution in [1.82, 2.24) is 9.99 Å². The zero-order valence-electron chi connectivity index (χ0n) is 16.1. The molecule has 0 saturated carbocycles. The summed E-state index contributed by atoms with van der Waals surface area (Å²) >= 11 is 0. The van der Waals surface area contributed by atoms with Crippen molar-refractivity contribution in [3.63, 3.8) is 0 Å². The van der Waals surface area contributed by atoms with Gasteiger partial charge >= 0.3 is 0 Å². The van der Waals surface area contributed by atoms with Gasteiger partial charge in [-0.25, -0.2) is 5.43 Å². The van der Waals surface area contributed by atoms with E-state index in [0.29, 0.717) is 11.3 Å². The molecule has 142 valence electrons. The van der Waals surface area contributed by atoms with Crippen LogP contribution in [-0.2, 0) is 4.79 Å². The van der Waals surface area contributed by atoms with E-state index in [1.165, 1.54) is 6.92 Å². The number of hydrogen-bond acceptors (Lipinski definition) is 3. The highest BCUT2D eigenvalue weighted by molar-refractivity contribution is 5.97. The van der Waals surface area contributed by atoms with Crippen LogP contribution in [0.2, 0.25) is 0 Å². The van der Waals surface area contributed by atoms with Crippen molar-refractivity contribution in [2.45, 2.75) is 20.8 Å². The summed E-state index contributed by atoms with van der Waals surface area (Å²) in [5.41, 5.74) is 7.64. The Morgan fingerprint density at radius 1 is 1.00 bits per heavy atom. The molecule has 0 radical (unpaired) electrons. The third-order valence-corrected chi connectivity index (χ3v) is 4.30. The molecule has 1 heterocycles. The van der Waals surface area contributed by atoms with Crippen molar-refractivity contribution in [2.75, 3.05) is 5.32 Å². The Morgan fingerprint density at radius 3 is 2.46 bits per heavy atom. The summed E-state index contributed by atoms with van der Waals surface area (Å²) in [4.78, 5) is 23.5. The van der Waals surface area contributed by atoms with E-state index in [4.69, 9.17) is 0 Å². The molecule has 2 aromatic carbocycles. The second-order valence-corrected chi connectivity index (χ2v) is 6.46. The van der Waals surface area contributed by atoms with Crippen LogP contribution >= 0.6 is 0 Å². The topological polar surface area (TPSA) is 75.5 Å². The maximum Gasteiger partial charge on any atom is 0.271 e. The van der Waals surface area contributed by atoms with E-state index in [-0.39, 0.29) is 11.8 Å². The molecule has 2 N–H and O–H groups in total. The van der Waals surface area contributed by atoms with Crippen molar-refractivity contribution in [1.29, 1.82) is 0 Å². The second kappa shape index (κ2) is 8.35. The molecule has 0 aliphatic rings. The molecule has 3 rings (SSSR count). The molecule has 6 nitrogen and oxygen atoms in total. The number of carbonyl (C=O) groups is 2. The van der Waals surface area contributed by atoms with Gasteiger partial charge in [-0.3, -0.25) is 9.59 Å². The van der Waals surface area contributed by atoms with Crippen molar-refractivity contribution in [3.8, 4) is 5.69 Å². The molecule has 0 unspecified atom stereocenters. The molecule has 0 aliphatic heterocycles. The zero-order valence-corrected chi connectivity index (χ0v) is 16.1. The monoisotopic (exact) mass is 374 g/mol. The first-order valence-electron chi connectivity index (χ1n) is 8.91.